The average Bonchev–Trinajstić information content (AvgIpc) is 2.25. The highest BCUT2D eigenvalue weighted by atomic mass is 16.6. The Hall–Kier alpha value is -2.17. The molecule has 0 heterocycles. The first-order valence-corrected chi connectivity index (χ1v) is 4.73. The maximum atomic E-state index is 10.4. The molecule has 0 radical (unpaired) electrons. The molecule has 0 amide bonds. The van der Waals surface area contributed by atoms with Crippen LogP contribution in [0.4, 0.5) is 0 Å². The lowest BCUT2D eigenvalue weighted by atomic mass is 10.1. The summed E-state index contributed by atoms with van der Waals surface area (Å²) >= 11 is 0. The lowest BCUT2D eigenvalue weighted by Gasteiger charge is -2.06. The van der Waals surface area contributed by atoms with Crippen molar-refractivity contribution >= 4 is 12.0 Å². The van der Waals surface area contributed by atoms with Gasteiger partial charge in [-0.15, -0.1) is 0 Å². The maximum Gasteiger partial charge on any atom is 0.258 e. The van der Waals surface area contributed by atoms with Gasteiger partial charge in [0.1, 0.15) is 12.0 Å². The standard InChI is InChI=1S/C11H12N2O3/c1-9-2-4-10(5-3-9)11(8-13(15)16)12-6-7-14/h2-5,7-8,12H,6H2,1H3. The van der Waals surface area contributed by atoms with E-state index in [1.807, 2.05) is 19.1 Å². The molecule has 84 valence electrons. The number of aldehydes is 1. The van der Waals surface area contributed by atoms with Crippen LogP contribution < -0.4 is 5.32 Å². The van der Waals surface area contributed by atoms with Crippen LogP contribution in [0.25, 0.3) is 5.70 Å². The van der Waals surface area contributed by atoms with Gasteiger partial charge in [-0.2, -0.15) is 0 Å². The summed E-state index contributed by atoms with van der Waals surface area (Å²) in [5.41, 5.74) is 2.08. The van der Waals surface area contributed by atoms with Crippen LogP contribution in [0.5, 0.6) is 0 Å². The molecule has 0 aliphatic heterocycles. The van der Waals surface area contributed by atoms with Crippen LogP contribution in [0.15, 0.2) is 30.5 Å². The van der Waals surface area contributed by atoms with Crippen molar-refractivity contribution in [2.45, 2.75) is 6.92 Å². The second-order valence-corrected chi connectivity index (χ2v) is 3.24. The van der Waals surface area contributed by atoms with E-state index in [2.05, 4.69) is 5.32 Å². The van der Waals surface area contributed by atoms with Crippen molar-refractivity contribution in [3.8, 4) is 0 Å². The fraction of sp³-hybridized carbons (Fsp3) is 0.182. The van der Waals surface area contributed by atoms with Crippen LogP contribution in [-0.2, 0) is 4.79 Å². The number of hydrogen-bond acceptors (Lipinski definition) is 4. The van der Waals surface area contributed by atoms with Gasteiger partial charge >= 0.3 is 0 Å². The number of carbonyl (C=O) groups excluding carboxylic acids is 1. The topological polar surface area (TPSA) is 72.2 Å². The third-order valence-electron chi connectivity index (χ3n) is 1.97. The van der Waals surface area contributed by atoms with E-state index >= 15 is 0 Å². The fourth-order valence-corrected chi connectivity index (χ4v) is 1.21. The number of nitro groups is 1. The summed E-state index contributed by atoms with van der Waals surface area (Å²) in [4.78, 5) is 20.1. The van der Waals surface area contributed by atoms with E-state index < -0.39 is 4.92 Å². The Bertz CT molecular complexity index is 410. The minimum absolute atomic E-state index is 0.0492. The zero-order valence-corrected chi connectivity index (χ0v) is 8.84. The molecule has 0 saturated carbocycles. The first-order chi connectivity index (χ1) is 7.63. The second kappa shape index (κ2) is 5.65. The lowest BCUT2D eigenvalue weighted by Crippen LogP contribution is -2.15. The molecule has 1 aromatic rings. The number of rotatable bonds is 5. The van der Waals surface area contributed by atoms with Gasteiger partial charge in [0.2, 0.25) is 0 Å². The van der Waals surface area contributed by atoms with Crippen molar-refractivity contribution in [1.82, 2.24) is 5.32 Å². The molecule has 1 rings (SSSR count). The maximum absolute atomic E-state index is 10.4. The van der Waals surface area contributed by atoms with Crippen molar-refractivity contribution in [3.05, 3.63) is 51.7 Å². The predicted octanol–water partition coefficient (Wildman–Crippen LogP) is 1.36. The van der Waals surface area contributed by atoms with Gasteiger partial charge in [-0.3, -0.25) is 10.1 Å². The summed E-state index contributed by atoms with van der Waals surface area (Å²) in [6.45, 7) is 1.98. The van der Waals surface area contributed by atoms with E-state index in [1.165, 1.54) is 0 Å². The molecule has 0 aliphatic carbocycles. The minimum atomic E-state index is -0.549. The molecule has 0 spiro atoms. The van der Waals surface area contributed by atoms with Gasteiger partial charge < -0.3 is 10.1 Å². The molecule has 5 nitrogen and oxygen atoms in total. The molecule has 5 heteroatoms. The van der Waals surface area contributed by atoms with E-state index in [0.29, 0.717) is 17.5 Å². The van der Waals surface area contributed by atoms with Gasteiger partial charge in [0, 0.05) is 5.56 Å². The van der Waals surface area contributed by atoms with Crippen molar-refractivity contribution in [1.29, 1.82) is 0 Å². The molecule has 1 N–H and O–H groups in total. The molecule has 0 saturated heterocycles. The first-order valence-electron chi connectivity index (χ1n) is 4.73. The lowest BCUT2D eigenvalue weighted by molar-refractivity contribution is -0.401. The Labute approximate surface area is 92.9 Å². The third-order valence-corrected chi connectivity index (χ3v) is 1.97. The van der Waals surface area contributed by atoms with Gasteiger partial charge in [-0.05, 0) is 6.92 Å². The summed E-state index contributed by atoms with van der Waals surface area (Å²) in [6, 6.07) is 7.24. The van der Waals surface area contributed by atoms with Crippen molar-refractivity contribution in [2.75, 3.05) is 6.54 Å². The Morgan fingerprint density at radius 2 is 2.06 bits per heavy atom. The molecular weight excluding hydrogens is 208 g/mol. The molecule has 0 aliphatic rings. The summed E-state index contributed by atoms with van der Waals surface area (Å²) in [7, 11) is 0. The monoisotopic (exact) mass is 220 g/mol. The molecule has 1 aromatic carbocycles. The van der Waals surface area contributed by atoms with Gasteiger partial charge in [-0.25, -0.2) is 0 Å². The number of aryl methyl sites for hydroxylation is 1. The normalized spacial score (nSPS) is 10.9. The molecule has 0 bridgehead atoms. The van der Waals surface area contributed by atoms with Crippen LogP contribution >= 0.6 is 0 Å². The van der Waals surface area contributed by atoms with Gasteiger partial charge in [0.25, 0.3) is 6.20 Å². The van der Waals surface area contributed by atoms with Crippen LogP contribution in [0.3, 0.4) is 0 Å². The molecule has 0 atom stereocenters. The van der Waals surface area contributed by atoms with Crippen molar-refractivity contribution < 1.29 is 9.72 Å². The van der Waals surface area contributed by atoms with E-state index in [9.17, 15) is 14.9 Å². The predicted molar refractivity (Wildman–Crippen MR) is 60.2 cm³/mol. The Morgan fingerprint density at radius 1 is 1.44 bits per heavy atom. The number of benzene rings is 1. The Balaban J connectivity index is 2.96. The van der Waals surface area contributed by atoms with E-state index in [1.54, 1.807) is 12.1 Å². The summed E-state index contributed by atoms with van der Waals surface area (Å²) in [5, 5.41) is 13.1. The van der Waals surface area contributed by atoms with Gasteiger partial charge in [0.05, 0.1) is 11.5 Å². The Kier molecular flexibility index (Phi) is 4.20. The molecule has 0 fully saturated rings. The van der Waals surface area contributed by atoms with E-state index in [4.69, 9.17) is 0 Å². The van der Waals surface area contributed by atoms with Crippen molar-refractivity contribution in [2.24, 2.45) is 0 Å². The van der Waals surface area contributed by atoms with Crippen molar-refractivity contribution in [3.63, 3.8) is 0 Å². The molecule has 0 aromatic heterocycles. The smallest absolute Gasteiger partial charge is 0.258 e. The molecule has 16 heavy (non-hydrogen) atoms. The number of hydrogen-bond donors (Lipinski definition) is 1. The summed E-state index contributed by atoms with van der Waals surface area (Å²) in [6.07, 6.45) is 1.51. The third kappa shape index (κ3) is 3.53. The quantitative estimate of drug-likeness (QED) is 0.462. The SMILES string of the molecule is Cc1ccc(C(=C[N+](=O)[O-])NCC=O)cc1. The minimum Gasteiger partial charge on any atom is -0.373 e. The largest absolute Gasteiger partial charge is 0.373 e. The van der Waals surface area contributed by atoms with E-state index in [-0.39, 0.29) is 6.54 Å². The highest BCUT2D eigenvalue weighted by Crippen LogP contribution is 2.12. The average molecular weight is 220 g/mol. The number of nitrogens with one attached hydrogen (secondary N) is 1. The van der Waals surface area contributed by atoms with E-state index in [0.717, 1.165) is 11.8 Å². The van der Waals surface area contributed by atoms with Crippen LogP contribution in [0.1, 0.15) is 11.1 Å². The first kappa shape index (κ1) is 11.9. The zero-order chi connectivity index (χ0) is 12.0. The van der Waals surface area contributed by atoms with Crippen LogP contribution in [0.2, 0.25) is 0 Å². The zero-order valence-electron chi connectivity index (χ0n) is 8.84. The van der Waals surface area contributed by atoms with Gasteiger partial charge in [0.15, 0.2) is 0 Å². The molecule has 0 unspecified atom stereocenters. The van der Waals surface area contributed by atoms with Gasteiger partial charge in [-0.1, -0.05) is 29.8 Å². The van der Waals surface area contributed by atoms with Crippen LogP contribution in [0, 0.1) is 17.0 Å². The summed E-state index contributed by atoms with van der Waals surface area (Å²) in [5.74, 6) is 0. The fourth-order valence-electron chi connectivity index (χ4n) is 1.21. The summed E-state index contributed by atoms with van der Waals surface area (Å²) < 4.78 is 0. The second-order valence-electron chi connectivity index (χ2n) is 3.24. The highest BCUT2D eigenvalue weighted by molar-refractivity contribution is 5.66. The Morgan fingerprint density at radius 3 is 2.56 bits per heavy atom. The van der Waals surface area contributed by atoms with Crippen LogP contribution in [-0.4, -0.2) is 17.8 Å². The molecular formula is C11H12N2O3. The number of carbonyl (C=O) groups is 1. The number of nitrogens with zero attached hydrogens (tertiary/aromatic N) is 1. The highest BCUT2D eigenvalue weighted by Gasteiger charge is 2.05.